The van der Waals surface area contributed by atoms with Crippen LogP contribution in [0.4, 0.5) is 4.39 Å². The van der Waals surface area contributed by atoms with Gasteiger partial charge in [-0.05, 0) is 25.5 Å². The Morgan fingerprint density at radius 1 is 1.35 bits per heavy atom. The van der Waals surface area contributed by atoms with E-state index in [1.165, 1.54) is 6.20 Å². The van der Waals surface area contributed by atoms with E-state index in [1.54, 1.807) is 29.4 Å². The standard InChI is InChI=1S/C12H13FN4/c13-9-6-14-5-3-11(9)17-8-15-7-12(17)10-2-1-4-16-10/h3,5-8,10,16H,1-2,4H2. The highest BCUT2D eigenvalue weighted by Gasteiger charge is 2.21. The summed E-state index contributed by atoms with van der Waals surface area (Å²) in [6.07, 6.45) is 8.47. The second kappa shape index (κ2) is 4.25. The van der Waals surface area contributed by atoms with E-state index in [4.69, 9.17) is 0 Å². The molecule has 1 atom stereocenters. The highest BCUT2D eigenvalue weighted by Crippen LogP contribution is 2.25. The molecule has 17 heavy (non-hydrogen) atoms. The van der Waals surface area contributed by atoms with Crippen LogP contribution in [0.3, 0.4) is 0 Å². The molecule has 5 heteroatoms. The van der Waals surface area contributed by atoms with Crippen LogP contribution in [0.2, 0.25) is 0 Å². The monoisotopic (exact) mass is 232 g/mol. The van der Waals surface area contributed by atoms with Crippen molar-refractivity contribution in [3.8, 4) is 5.69 Å². The smallest absolute Gasteiger partial charge is 0.165 e. The Morgan fingerprint density at radius 2 is 2.29 bits per heavy atom. The molecule has 0 amide bonds. The Kier molecular flexibility index (Phi) is 2.60. The fourth-order valence-electron chi connectivity index (χ4n) is 2.26. The average Bonchev–Trinajstić information content (AvgIpc) is 3.00. The molecule has 1 fully saturated rings. The van der Waals surface area contributed by atoms with Gasteiger partial charge in [0.15, 0.2) is 5.82 Å². The highest BCUT2D eigenvalue weighted by molar-refractivity contribution is 5.34. The summed E-state index contributed by atoms with van der Waals surface area (Å²) < 4.78 is 15.5. The first-order valence-corrected chi connectivity index (χ1v) is 5.72. The molecule has 0 aromatic carbocycles. The largest absolute Gasteiger partial charge is 0.309 e. The number of hydrogen-bond donors (Lipinski definition) is 1. The normalized spacial score (nSPS) is 19.7. The Bertz CT molecular complexity index is 517. The van der Waals surface area contributed by atoms with E-state index in [1.807, 2.05) is 0 Å². The van der Waals surface area contributed by atoms with Crippen LogP contribution in [0.15, 0.2) is 31.0 Å². The summed E-state index contributed by atoms with van der Waals surface area (Å²) in [7, 11) is 0. The van der Waals surface area contributed by atoms with E-state index in [2.05, 4.69) is 15.3 Å². The maximum atomic E-state index is 13.7. The summed E-state index contributed by atoms with van der Waals surface area (Å²) in [5, 5.41) is 3.39. The zero-order chi connectivity index (χ0) is 11.7. The van der Waals surface area contributed by atoms with Crippen molar-refractivity contribution < 1.29 is 4.39 Å². The molecule has 1 aliphatic rings. The van der Waals surface area contributed by atoms with Gasteiger partial charge >= 0.3 is 0 Å². The van der Waals surface area contributed by atoms with Gasteiger partial charge in [0.1, 0.15) is 0 Å². The molecule has 0 saturated carbocycles. The summed E-state index contributed by atoms with van der Waals surface area (Å²) in [5.74, 6) is -0.329. The second-order valence-electron chi connectivity index (χ2n) is 4.16. The molecule has 0 radical (unpaired) electrons. The van der Waals surface area contributed by atoms with Crippen LogP contribution < -0.4 is 5.32 Å². The minimum atomic E-state index is -0.329. The van der Waals surface area contributed by atoms with Crippen molar-refractivity contribution in [3.05, 3.63) is 42.5 Å². The molecule has 1 N–H and O–H groups in total. The lowest BCUT2D eigenvalue weighted by molar-refractivity contribution is 0.587. The van der Waals surface area contributed by atoms with Crippen LogP contribution in [-0.2, 0) is 0 Å². The van der Waals surface area contributed by atoms with E-state index in [-0.39, 0.29) is 11.9 Å². The van der Waals surface area contributed by atoms with Gasteiger partial charge in [-0.1, -0.05) is 0 Å². The maximum absolute atomic E-state index is 13.7. The average molecular weight is 232 g/mol. The van der Waals surface area contributed by atoms with Crippen LogP contribution in [0.5, 0.6) is 0 Å². The van der Waals surface area contributed by atoms with Gasteiger partial charge in [0.25, 0.3) is 0 Å². The number of halogens is 1. The lowest BCUT2D eigenvalue weighted by atomic mass is 10.1. The van der Waals surface area contributed by atoms with Gasteiger partial charge < -0.3 is 5.32 Å². The Hall–Kier alpha value is -1.75. The van der Waals surface area contributed by atoms with Crippen LogP contribution in [0, 0.1) is 5.82 Å². The number of aromatic nitrogens is 3. The van der Waals surface area contributed by atoms with Crippen molar-refractivity contribution in [2.24, 2.45) is 0 Å². The highest BCUT2D eigenvalue weighted by atomic mass is 19.1. The zero-order valence-electron chi connectivity index (χ0n) is 9.31. The quantitative estimate of drug-likeness (QED) is 0.859. The molecule has 1 saturated heterocycles. The third-order valence-corrected chi connectivity index (χ3v) is 3.10. The minimum absolute atomic E-state index is 0.269. The van der Waals surface area contributed by atoms with Gasteiger partial charge in [-0.15, -0.1) is 0 Å². The summed E-state index contributed by atoms with van der Waals surface area (Å²) in [5.41, 5.74) is 1.51. The van der Waals surface area contributed by atoms with Crippen molar-refractivity contribution in [3.63, 3.8) is 0 Å². The Balaban J connectivity index is 2.04. The SMILES string of the molecule is Fc1cnccc1-n1cncc1C1CCCN1. The van der Waals surface area contributed by atoms with Gasteiger partial charge in [0.2, 0.25) is 0 Å². The fraction of sp³-hybridized carbons (Fsp3) is 0.333. The number of hydrogen-bond acceptors (Lipinski definition) is 3. The Labute approximate surface area is 98.5 Å². The van der Waals surface area contributed by atoms with Gasteiger partial charge in [-0.2, -0.15) is 0 Å². The summed E-state index contributed by atoms with van der Waals surface area (Å²) in [6, 6.07) is 1.93. The summed E-state index contributed by atoms with van der Waals surface area (Å²) in [4.78, 5) is 7.88. The molecule has 3 heterocycles. The van der Waals surface area contributed by atoms with Gasteiger partial charge in [-0.25, -0.2) is 9.37 Å². The topological polar surface area (TPSA) is 42.7 Å². The minimum Gasteiger partial charge on any atom is -0.309 e. The molecule has 3 rings (SSSR count). The molecular formula is C12H13FN4. The summed E-state index contributed by atoms with van der Waals surface area (Å²) >= 11 is 0. The molecule has 1 unspecified atom stereocenters. The summed E-state index contributed by atoms with van der Waals surface area (Å²) in [6.45, 7) is 1.01. The van der Waals surface area contributed by atoms with E-state index >= 15 is 0 Å². The van der Waals surface area contributed by atoms with Crippen LogP contribution in [-0.4, -0.2) is 21.1 Å². The number of imidazole rings is 1. The van der Waals surface area contributed by atoms with E-state index < -0.39 is 0 Å². The molecule has 2 aromatic rings. The van der Waals surface area contributed by atoms with Crippen molar-refractivity contribution >= 4 is 0 Å². The third-order valence-electron chi connectivity index (χ3n) is 3.10. The molecule has 88 valence electrons. The number of nitrogens with zero attached hydrogens (tertiary/aromatic N) is 3. The number of nitrogens with one attached hydrogen (secondary N) is 1. The van der Waals surface area contributed by atoms with Gasteiger partial charge in [0, 0.05) is 12.2 Å². The third kappa shape index (κ3) is 1.82. The van der Waals surface area contributed by atoms with Crippen LogP contribution in [0.1, 0.15) is 24.6 Å². The van der Waals surface area contributed by atoms with Crippen molar-refractivity contribution in [2.45, 2.75) is 18.9 Å². The Morgan fingerprint density at radius 3 is 3.06 bits per heavy atom. The number of pyridine rings is 1. The molecule has 0 bridgehead atoms. The number of rotatable bonds is 2. The van der Waals surface area contributed by atoms with Crippen molar-refractivity contribution in [2.75, 3.05) is 6.54 Å². The van der Waals surface area contributed by atoms with E-state index in [9.17, 15) is 4.39 Å². The van der Waals surface area contributed by atoms with Crippen molar-refractivity contribution in [1.82, 2.24) is 19.9 Å². The second-order valence-corrected chi connectivity index (χ2v) is 4.16. The van der Waals surface area contributed by atoms with Gasteiger partial charge in [0.05, 0.1) is 30.1 Å². The van der Waals surface area contributed by atoms with Crippen LogP contribution >= 0.6 is 0 Å². The maximum Gasteiger partial charge on any atom is 0.165 e. The lowest BCUT2D eigenvalue weighted by Gasteiger charge is -2.14. The molecule has 2 aromatic heterocycles. The van der Waals surface area contributed by atoms with E-state index in [0.29, 0.717) is 5.69 Å². The molecule has 0 aliphatic carbocycles. The molecule has 4 nitrogen and oxygen atoms in total. The van der Waals surface area contributed by atoms with Gasteiger partial charge in [-0.3, -0.25) is 9.55 Å². The first-order valence-electron chi connectivity index (χ1n) is 5.72. The predicted octanol–water partition coefficient (Wildman–Crippen LogP) is 1.83. The molecule has 0 spiro atoms. The predicted molar refractivity (Wildman–Crippen MR) is 61.3 cm³/mol. The first kappa shape index (κ1) is 10.4. The molecular weight excluding hydrogens is 219 g/mol. The van der Waals surface area contributed by atoms with Crippen LogP contribution in [0.25, 0.3) is 5.69 Å². The molecule has 1 aliphatic heterocycles. The van der Waals surface area contributed by atoms with E-state index in [0.717, 1.165) is 25.1 Å². The lowest BCUT2D eigenvalue weighted by Crippen LogP contribution is -2.16. The fourth-order valence-corrected chi connectivity index (χ4v) is 2.26. The van der Waals surface area contributed by atoms with Crippen molar-refractivity contribution in [1.29, 1.82) is 0 Å². The zero-order valence-corrected chi connectivity index (χ0v) is 9.31. The first-order chi connectivity index (χ1) is 8.36.